The molecular weight excluding hydrogens is 276 g/mol. The van der Waals surface area contributed by atoms with Gasteiger partial charge in [-0.15, -0.1) is 0 Å². The van der Waals surface area contributed by atoms with Crippen LogP contribution in [-0.2, 0) is 14.6 Å². The topological polar surface area (TPSA) is 89.3 Å². The number of halogens is 1. The Bertz CT molecular complexity index is 557. The number of amides is 1. The summed E-state index contributed by atoms with van der Waals surface area (Å²) in [5, 5.41) is 1.29. The molecule has 1 aromatic rings. The van der Waals surface area contributed by atoms with Crippen LogP contribution >= 0.6 is 11.6 Å². The Labute approximate surface area is 111 Å². The molecule has 0 saturated heterocycles. The van der Waals surface area contributed by atoms with Gasteiger partial charge in [-0.1, -0.05) is 11.6 Å². The molecule has 0 aromatic heterocycles. The van der Waals surface area contributed by atoms with Crippen LogP contribution in [0.3, 0.4) is 0 Å². The molecule has 0 aliphatic heterocycles. The highest BCUT2D eigenvalue weighted by atomic mass is 35.5. The van der Waals surface area contributed by atoms with Gasteiger partial charge in [0.15, 0.2) is 9.84 Å². The summed E-state index contributed by atoms with van der Waals surface area (Å²) < 4.78 is 24.4. The Morgan fingerprint density at radius 1 is 1.50 bits per heavy atom. The first-order valence-electron chi connectivity index (χ1n) is 5.37. The number of nitrogens with two attached hydrogens (primary N) is 1. The van der Waals surface area contributed by atoms with Crippen LogP contribution in [0.15, 0.2) is 23.1 Å². The summed E-state index contributed by atoms with van der Waals surface area (Å²) in [6, 6.07) is 4.09. The molecule has 1 atom stereocenters. The molecule has 0 aliphatic carbocycles. The van der Waals surface area contributed by atoms with E-state index in [9.17, 15) is 13.2 Å². The SMILES string of the molecule is CCNC(=O)C(C)S(=O)(=O)c1ccc(N)cc1Cl. The highest BCUT2D eigenvalue weighted by Crippen LogP contribution is 2.26. The normalized spacial score (nSPS) is 13.1. The quantitative estimate of drug-likeness (QED) is 0.816. The van der Waals surface area contributed by atoms with Crippen LogP contribution in [0.1, 0.15) is 13.8 Å². The van der Waals surface area contributed by atoms with Crippen molar-refractivity contribution in [1.82, 2.24) is 5.32 Å². The monoisotopic (exact) mass is 290 g/mol. The van der Waals surface area contributed by atoms with Gasteiger partial charge in [-0.05, 0) is 32.0 Å². The number of hydrogen-bond acceptors (Lipinski definition) is 4. The van der Waals surface area contributed by atoms with E-state index < -0.39 is 21.0 Å². The van der Waals surface area contributed by atoms with Crippen molar-refractivity contribution in [2.45, 2.75) is 24.0 Å². The summed E-state index contributed by atoms with van der Waals surface area (Å²) in [6.45, 7) is 3.41. The lowest BCUT2D eigenvalue weighted by Gasteiger charge is -2.13. The number of hydrogen-bond donors (Lipinski definition) is 2. The van der Waals surface area contributed by atoms with Crippen molar-refractivity contribution in [3.8, 4) is 0 Å². The summed E-state index contributed by atoms with van der Waals surface area (Å²) in [7, 11) is -3.81. The van der Waals surface area contributed by atoms with Crippen LogP contribution in [-0.4, -0.2) is 26.1 Å². The third-order valence-corrected chi connectivity index (χ3v) is 4.99. The highest BCUT2D eigenvalue weighted by Gasteiger charge is 2.31. The number of benzene rings is 1. The molecular formula is C11H15ClN2O3S. The molecule has 0 spiro atoms. The zero-order valence-corrected chi connectivity index (χ0v) is 11.7. The average Bonchev–Trinajstić information content (AvgIpc) is 2.27. The minimum absolute atomic E-state index is 0.0196. The molecule has 1 aromatic carbocycles. The van der Waals surface area contributed by atoms with Crippen molar-refractivity contribution >= 4 is 33.0 Å². The summed E-state index contributed by atoms with van der Waals surface area (Å²) >= 11 is 5.85. The summed E-state index contributed by atoms with van der Waals surface area (Å²) in [5.74, 6) is -0.551. The van der Waals surface area contributed by atoms with Crippen LogP contribution in [0.4, 0.5) is 5.69 Å². The van der Waals surface area contributed by atoms with E-state index >= 15 is 0 Å². The fourth-order valence-electron chi connectivity index (χ4n) is 1.40. The van der Waals surface area contributed by atoms with Crippen molar-refractivity contribution in [1.29, 1.82) is 0 Å². The Balaban J connectivity index is 3.17. The molecule has 5 nitrogen and oxygen atoms in total. The van der Waals surface area contributed by atoms with Gasteiger partial charge in [-0.25, -0.2) is 8.42 Å². The van der Waals surface area contributed by atoms with E-state index in [4.69, 9.17) is 17.3 Å². The number of anilines is 1. The Morgan fingerprint density at radius 2 is 2.11 bits per heavy atom. The summed E-state index contributed by atoms with van der Waals surface area (Å²) in [4.78, 5) is 11.5. The molecule has 3 N–H and O–H groups in total. The molecule has 0 saturated carbocycles. The molecule has 18 heavy (non-hydrogen) atoms. The van der Waals surface area contributed by atoms with Crippen LogP contribution in [0.25, 0.3) is 0 Å². The number of nitrogens with one attached hydrogen (secondary N) is 1. The van der Waals surface area contributed by atoms with E-state index in [1.807, 2.05) is 0 Å². The largest absolute Gasteiger partial charge is 0.399 e. The average molecular weight is 291 g/mol. The third-order valence-electron chi connectivity index (χ3n) is 2.45. The van der Waals surface area contributed by atoms with Crippen molar-refractivity contribution in [3.05, 3.63) is 23.2 Å². The maximum Gasteiger partial charge on any atom is 0.238 e. The van der Waals surface area contributed by atoms with Crippen LogP contribution in [0, 0.1) is 0 Å². The van der Waals surface area contributed by atoms with Crippen LogP contribution < -0.4 is 11.1 Å². The first-order valence-corrected chi connectivity index (χ1v) is 7.29. The second-order valence-corrected chi connectivity index (χ2v) is 6.42. The van der Waals surface area contributed by atoms with Crippen LogP contribution in [0.2, 0.25) is 5.02 Å². The molecule has 1 rings (SSSR count). The minimum Gasteiger partial charge on any atom is -0.399 e. The fraction of sp³-hybridized carbons (Fsp3) is 0.364. The van der Waals surface area contributed by atoms with E-state index in [-0.39, 0.29) is 9.92 Å². The second-order valence-electron chi connectivity index (χ2n) is 3.77. The van der Waals surface area contributed by atoms with Gasteiger partial charge >= 0.3 is 0 Å². The molecule has 0 radical (unpaired) electrons. The van der Waals surface area contributed by atoms with Gasteiger partial charge in [0.25, 0.3) is 0 Å². The van der Waals surface area contributed by atoms with Crippen molar-refractivity contribution < 1.29 is 13.2 Å². The summed E-state index contributed by atoms with van der Waals surface area (Å²) in [5.41, 5.74) is 5.86. The van der Waals surface area contributed by atoms with Crippen molar-refractivity contribution in [3.63, 3.8) is 0 Å². The molecule has 1 amide bonds. The fourth-order valence-corrected chi connectivity index (χ4v) is 3.24. The van der Waals surface area contributed by atoms with Gasteiger partial charge in [0.1, 0.15) is 5.25 Å². The molecule has 0 bridgehead atoms. The number of sulfone groups is 1. The first-order chi connectivity index (χ1) is 8.30. The maximum absolute atomic E-state index is 12.2. The van der Waals surface area contributed by atoms with E-state index in [0.717, 1.165) is 0 Å². The molecule has 100 valence electrons. The van der Waals surface area contributed by atoms with E-state index in [2.05, 4.69) is 5.32 Å². The van der Waals surface area contributed by atoms with Crippen molar-refractivity contribution in [2.75, 3.05) is 12.3 Å². The zero-order valence-electron chi connectivity index (χ0n) is 10.1. The zero-order chi connectivity index (χ0) is 13.9. The lowest BCUT2D eigenvalue weighted by molar-refractivity contribution is -0.120. The third kappa shape index (κ3) is 2.94. The predicted molar refractivity (Wildman–Crippen MR) is 71.2 cm³/mol. The lowest BCUT2D eigenvalue weighted by atomic mass is 10.3. The Kier molecular flexibility index (Phi) is 4.59. The maximum atomic E-state index is 12.2. The van der Waals surface area contributed by atoms with Gasteiger partial charge < -0.3 is 11.1 Å². The Hall–Kier alpha value is -1.27. The molecule has 7 heteroatoms. The van der Waals surface area contributed by atoms with Crippen molar-refractivity contribution in [2.24, 2.45) is 0 Å². The van der Waals surface area contributed by atoms with Gasteiger partial charge in [-0.3, -0.25) is 4.79 Å². The first kappa shape index (κ1) is 14.8. The lowest BCUT2D eigenvalue weighted by Crippen LogP contribution is -2.37. The van der Waals surface area contributed by atoms with Gasteiger partial charge in [0, 0.05) is 12.2 Å². The van der Waals surface area contributed by atoms with Gasteiger partial charge in [-0.2, -0.15) is 0 Å². The van der Waals surface area contributed by atoms with Gasteiger partial charge in [0.2, 0.25) is 5.91 Å². The van der Waals surface area contributed by atoms with E-state index in [1.54, 1.807) is 6.92 Å². The summed E-state index contributed by atoms with van der Waals surface area (Å²) in [6.07, 6.45) is 0. The smallest absolute Gasteiger partial charge is 0.238 e. The van der Waals surface area contributed by atoms with Crippen LogP contribution in [0.5, 0.6) is 0 Å². The predicted octanol–water partition coefficient (Wildman–Crippen LogP) is 1.22. The number of nitrogen functional groups attached to an aromatic ring is 1. The molecule has 0 fully saturated rings. The number of carbonyl (C=O) groups is 1. The van der Waals surface area contributed by atoms with E-state index in [0.29, 0.717) is 12.2 Å². The Morgan fingerprint density at radius 3 is 2.61 bits per heavy atom. The molecule has 1 unspecified atom stereocenters. The second kappa shape index (κ2) is 5.58. The number of rotatable bonds is 4. The molecule has 0 heterocycles. The van der Waals surface area contributed by atoms with E-state index in [1.165, 1.54) is 25.1 Å². The molecule has 0 aliphatic rings. The standard InChI is InChI=1S/C11H15ClN2O3S/c1-3-14-11(15)7(2)18(16,17)10-5-4-8(13)6-9(10)12/h4-7H,3,13H2,1-2H3,(H,14,15). The highest BCUT2D eigenvalue weighted by molar-refractivity contribution is 7.92. The van der Waals surface area contributed by atoms with Gasteiger partial charge in [0.05, 0.1) is 9.92 Å². The number of carbonyl (C=O) groups excluding carboxylic acids is 1. The minimum atomic E-state index is -3.81.